The Balaban J connectivity index is 1.75. The number of hydrogen-bond acceptors (Lipinski definition) is 3. The van der Waals surface area contributed by atoms with Crippen LogP contribution < -0.4 is 5.32 Å². The maximum absolute atomic E-state index is 12.0. The molecule has 2 saturated heterocycles. The Morgan fingerprint density at radius 3 is 2.44 bits per heavy atom. The van der Waals surface area contributed by atoms with Crippen molar-refractivity contribution < 1.29 is 9.53 Å². The molecular formula is C13H26N2O2Si. The first-order valence-electron chi connectivity index (χ1n) is 7.12. The van der Waals surface area contributed by atoms with E-state index < -0.39 is 8.07 Å². The molecule has 0 unspecified atom stereocenters. The van der Waals surface area contributed by atoms with Gasteiger partial charge in [0.1, 0.15) is 0 Å². The highest BCUT2D eigenvalue weighted by atomic mass is 28.3. The minimum atomic E-state index is -1.10. The SMILES string of the molecule is C[Si](C)(C)CCOC(=O)N1C[C@H]2CCC[C@@H](C1)N2. The predicted octanol–water partition coefficient (Wildman–Crippen LogP) is 2.29. The third kappa shape index (κ3) is 3.98. The summed E-state index contributed by atoms with van der Waals surface area (Å²) in [5.41, 5.74) is 0. The van der Waals surface area contributed by atoms with Crippen molar-refractivity contribution in [3.8, 4) is 0 Å². The number of amides is 1. The number of likely N-dealkylation sites (tertiary alicyclic amines) is 1. The summed E-state index contributed by atoms with van der Waals surface area (Å²) >= 11 is 0. The van der Waals surface area contributed by atoms with Crippen LogP contribution in [-0.2, 0) is 4.74 Å². The van der Waals surface area contributed by atoms with Crippen LogP contribution in [0.5, 0.6) is 0 Å². The van der Waals surface area contributed by atoms with Crippen molar-refractivity contribution in [3.63, 3.8) is 0 Å². The van der Waals surface area contributed by atoms with Gasteiger partial charge in [0.2, 0.25) is 0 Å². The molecule has 2 aliphatic heterocycles. The van der Waals surface area contributed by atoms with E-state index in [1.807, 2.05) is 4.90 Å². The summed E-state index contributed by atoms with van der Waals surface area (Å²) in [5.74, 6) is 0. The number of nitrogens with one attached hydrogen (secondary N) is 1. The van der Waals surface area contributed by atoms with Crippen molar-refractivity contribution in [1.82, 2.24) is 10.2 Å². The summed E-state index contributed by atoms with van der Waals surface area (Å²) in [6.07, 6.45) is 3.57. The number of carbonyl (C=O) groups excluding carboxylic acids is 1. The van der Waals surface area contributed by atoms with Gasteiger partial charge in [-0.15, -0.1) is 0 Å². The van der Waals surface area contributed by atoms with Gasteiger partial charge < -0.3 is 15.0 Å². The molecule has 1 N–H and O–H groups in total. The van der Waals surface area contributed by atoms with Crippen LogP contribution in [-0.4, -0.2) is 50.8 Å². The summed E-state index contributed by atoms with van der Waals surface area (Å²) in [6.45, 7) is 9.14. The molecule has 2 atom stereocenters. The monoisotopic (exact) mass is 270 g/mol. The molecule has 2 rings (SSSR count). The zero-order chi connectivity index (χ0) is 13.2. The molecule has 0 radical (unpaired) electrons. The van der Waals surface area contributed by atoms with Gasteiger partial charge in [0.15, 0.2) is 0 Å². The van der Waals surface area contributed by atoms with Gasteiger partial charge in [-0.3, -0.25) is 0 Å². The van der Waals surface area contributed by atoms with Crippen LogP contribution in [0.15, 0.2) is 0 Å². The number of piperazine rings is 1. The van der Waals surface area contributed by atoms with Crippen LogP contribution in [0.3, 0.4) is 0 Å². The fraction of sp³-hybridized carbons (Fsp3) is 0.923. The third-order valence-corrected chi connectivity index (χ3v) is 5.50. The van der Waals surface area contributed by atoms with Crippen LogP contribution in [0.1, 0.15) is 19.3 Å². The molecule has 0 aromatic heterocycles. The maximum Gasteiger partial charge on any atom is 0.409 e. The van der Waals surface area contributed by atoms with Crippen LogP contribution in [0.2, 0.25) is 25.7 Å². The Morgan fingerprint density at radius 2 is 1.89 bits per heavy atom. The Morgan fingerprint density at radius 1 is 1.28 bits per heavy atom. The van der Waals surface area contributed by atoms with E-state index in [9.17, 15) is 4.79 Å². The van der Waals surface area contributed by atoms with Gasteiger partial charge in [0.05, 0.1) is 6.61 Å². The molecule has 0 spiro atoms. The van der Waals surface area contributed by atoms with Crippen LogP contribution in [0, 0.1) is 0 Å². The van der Waals surface area contributed by atoms with Crippen LogP contribution >= 0.6 is 0 Å². The summed E-state index contributed by atoms with van der Waals surface area (Å²) in [6, 6.07) is 2.03. The number of rotatable bonds is 3. The second-order valence-corrected chi connectivity index (χ2v) is 12.4. The fourth-order valence-electron chi connectivity index (χ4n) is 2.69. The van der Waals surface area contributed by atoms with Gasteiger partial charge >= 0.3 is 6.09 Å². The van der Waals surface area contributed by atoms with Crippen molar-refractivity contribution in [3.05, 3.63) is 0 Å². The second kappa shape index (κ2) is 5.61. The Hall–Kier alpha value is -0.553. The van der Waals surface area contributed by atoms with Crippen molar-refractivity contribution in [2.45, 2.75) is 57.0 Å². The van der Waals surface area contributed by atoms with E-state index >= 15 is 0 Å². The van der Waals surface area contributed by atoms with E-state index in [4.69, 9.17) is 4.74 Å². The first kappa shape index (κ1) is 13.9. The van der Waals surface area contributed by atoms with E-state index in [2.05, 4.69) is 25.0 Å². The largest absolute Gasteiger partial charge is 0.450 e. The standard InChI is InChI=1S/C13H26N2O2Si/c1-18(2,3)8-7-17-13(16)15-9-11-5-4-6-12(10-15)14-11/h11-12,14H,4-10H2,1-3H3/t11-,12+. The van der Waals surface area contributed by atoms with Crippen molar-refractivity contribution in [2.75, 3.05) is 19.7 Å². The number of piperidine rings is 1. The Labute approximate surface area is 111 Å². The molecule has 18 heavy (non-hydrogen) atoms. The van der Waals surface area contributed by atoms with Gasteiger partial charge in [-0.05, 0) is 18.9 Å². The first-order valence-corrected chi connectivity index (χ1v) is 10.8. The van der Waals surface area contributed by atoms with Gasteiger partial charge in [0.25, 0.3) is 0 Å². The average Bonchev–Trinajstić information content (AvgIpc) is 2.26. The normalized spacial score (nSPS) is 28.1. The van der Waals surface area contributed by atoms with E-state index in [1.54, 1.807) is 0 Å². The summed E-state index contributed by atoms with van der Waals surface area (Å²) in [4.78, 5) is 13.9. The smallest absolute Gasteiger partial charge is 0.409 e. The van der Waals surface area contributed by atoms with Crippen LogP contribution in [0.25, 0.3) is 0 Å². The van der Waals surface area contributed by atoms with Crippen LogP contribution in [0.4, 0.5) is 4.79 Å². The van der Waals surface area contributed by atoms with Crippen molar-refractivity contribution in [2.24, 2.45) is 0 Å². The zero-order valence-electron chi connectivity index (χ0n) is 11.9. The molecule has 0 aliphatic carbocycles. The topological polar surface area (TPSA) is 41.6 Å². The average molecular weight is 270 g/mol. The summed E-state index contributed by atoms with van der Waals surface area (Å²) < 4.78 is 5.42. The molecule has 104 valence electrons. The molecule has 2 heterocycles. The maximum atomic E-state index is 12.0. The predicted molar refractivity (Wildman–Crippen MR) is 75.6 cm³/mol. The lowest BCUT2D eigenvalue weighted by molar-refractivity contribution is 0.0744. The molecule has 5 heteroatoms. The van der Waals surface area contributed by atoms with Gasteiger partial charge in [-0.2, -0.15) is 0 Å². The lowest BCUT2D eigenvalue weighted by Crippen LogP contribution is -2.60. The second-order valence-electron chi connectivity index (χ2n) is 6.82. The Bertz CT molecular complexity index is 292. The van der Waals surface area contributed by atoms with E-state index in [0.29, 0.717) is 18.7 Å². The quantitative estimate of drug-likeness (QED) is 0.800. The number of hydrogen-bond donors (Lipinski definition) is 1. The van der Waals surface area contributed by atoms with E-state index in [0.717, 1.165) is 19.1 Å². The highest BCUT2D eigenvalue weighted by molar-refractivity contribution is 6.76. The molecule has 0 saturated carbocycles. The number of carbonyl (C=O) groups is 1. The zero-order valence-corrected chi connectivity index (χ0v) is 12.9. The third-order valence-electron chi connectivity index (χ3n) is 3.79. The highest BCUT2D eigenvalue weighted by Gasteiger charge is 2.32. The molecule has 0 aromatic rings. The van der Waals surface area contributed by atoms with Gasteiger partial charge in [0, 0.05) is 33.2 Å². The molecule has 1 amide bonds. The molecule has 2 bridgehead atoms. The van der Waals surface area contributed by atoms with E-state index in [-0.39, 0.29) is 6.09 Å². The number of ether oxygens (including phenoxy) is 1. The molecular weight excluding hydrogens is 244 g/mol. The molecule has 2 aliphatic rings. The first-order chi connectivity index (χ1) is 8.44. The minimum Gasteiger partial charge on any atom is -0.450 e. The summed E-state index contributed by atoms with van der Waals surface area (Å²) in [7, 11) is -1.10. The van der Waals surface area contributed by atoms with Gasteiger partial charge in [-0.25, -0.2) is 4.79 Å². The lowest BCUT2D eigenvalue weighted by Gasteiger charge is -2.41. The number of nitrogens with zero attached hydrogens (tertiary/aromatic N) is 1. The van der Waals surface area contributed by atoms with Gasteiger partial charge in [-0.1, -0.05) is 26.1 Å². The molecule has 4 nitrogen and oxygen atoms in total. The Kier molecular flexibility index (Phi) is 4.32. The molecule has 2 fully saturated rings. The highest BCUT2D eigenvalue weighted by Crippen LogP contribution is 2.20. The fourth-order valence-corrected chi connectivity index (χ4v) is 3.40. The lowest BCUT2D eigenvalue weighted by atomic mass is 9.94. The molecule has 0 aromatic carbocycles. The van der Waals surface area contributed by atoms with E-state index in [1.165, 1.54) is 19.3 Å². The minimum absolute atomic E-state index is 0.105. The number of fused-ring (bicyclic) bond motifs is 2. The van der Waals surface area contributed by atoms with Crippen molar-refractivity contribution in [1.29, 1.82) is 0 Å². The van der Waals surface area contributed by atoms with Crippen molar-refractivity contribution >= 4 is 14.2 Å². The summed E-state index contributed by atoms with van der Waals surface area (Å²) in [5, 5.41) is 3.58.